The van der Waals surface area contributed by atoms with Crippen LogP contribution >= 0.6 is 11.3 Å². The van der Waals surface area contributed by atoms with Crippen molar-refractivity contribution in [3.05, 3.63) is 102 Å². The molecule has 0 saturated carbocycles. The molecule has 1 aromatic heterocycles. The van der Waals surface area contributed by atoms with E-state index in [1.807, 2.05) is 47.0 Å². The number of thiazole rings is 1. The molecule has 0 fully saturated rings. The minimum atomic E-state index is -0.337. The summed E-state index contributed by atoms with van der Waals surface area (Å²) in [4.78, 5) is 19.9. The van der Waals surface area contributed by atoms with Crippen LogP contribution in [0.25, 0.3) is 11.8 Å². The zero-order chi connectivity index (χ0) is 28.7. The van der Waals surface area contributed by atoms with Gasteiger partial charge in [-0.15, -0.1) is 0 Å². The van der Waals surface area contributed by atoms with Crippen LogP contribution in [0.15, 0.2) is 70.0 Å². The SMILES string of the molecule is COc1ccc([C@H]2C3=C(N=c4s/c(=C/c5cc(OC)c(OC)c(OC)c5)c(=O)n42)c2ccccc2CC3)cc1OC. The number of aryl methyl sites for hydroxylation is 1. The molecule has 0 unspecified atom stereocenters. The van der Waals surface area contributed by atoms with Gasteiger partial charge in [-0.1, -0.05) is 41.7 Å². The lowest BCUT2D eigenvalue weighted by Gasteiger charge is -2.31. The predicted octanol–water partition coefficient (Wildman–Crippen LogP) is 4.36. The summed E-state index contributed by atoms with van der Waals surface area (Å²) in [6.45, 7) is 0. The third-order valence-corrected chi connectivity index (χ3v) is 8.56. The Labute approximate surface area is 241 Å². The highest BCUT2D eigenvalue weighted by Crippen LogP contribution is 2.43. The smallest absolute Gasteiger partial charge is 0.271 e. The Balaban J connectivity index is 1.60. The number of rotatable bonds is 7. The number of nitrogens with zero attached hydrogens (tertiary/aromatic N) is 2. The molecule has 1 aliphatic heterocycles. The number of allylic oxidation sites excluding steroid dienone is 1. The van der Waals surface area contributed by atoms with Gasteiger partial charge in [-0.25, -0.2) is 4.99 Å². The molecule has 0 radical (unpaired) electrons. The van der Waals surface area contributed by atoms with Gasteiger partial charge in [0.05, 0.1) is 51.8 Å². The maximum absolute atomic E-state index is 14.1. The van der Waals surface area contributed by atoms with Crippen LogP contribution in [0.4, 0.5) is 0 Å². The van der Waals surface area contributed by atoms with Gasteiger partial charge in [0.25, 0.3) is 5.56 Å². The van der Waals surface area contributed by atoms with Crippen molar-refractivity contribution in [1.29, 1.82) is 0 Å². The van der Waals surface area contributed by atoms with Gasteiger partial charge in [0, 0.05) is 5.56 Å². The lowest BCUT2D eigenvalue weighted by Crippen LogP contribution is -2.38. The van der Waals surface area contributed by atoms with Crippen LogP contribution in [0.5, 0.6) is 28.7 Å². The van der Waals surface area contributed by atoms with E-state index in [0.29, 0.717) is 38.1 Å². The van der Waals surface area contributed by atoms with E-state index in [1.54, 1.807) is 35.5 Å². The Hall–Kier alpha value is -4.50. The zero-order valence-electron chi connectivity index (χ0n) is 23.5. The number of hydrogen-bond acceptors (Lipinski definition) is 8. The van der Waals surface area contributed by atoms with Crippen LogP contribution < -0.4 is 38.6 Å². The van der Waals surface area contributed by atoms with E-state index in [9.17, 15) is 4.79 Å². The van der Waals surface area contributed by atoms with E-state index >= 15 is 0 Å². The molecule has 3 aromatic carbocycles. The fourth-order valence-electron chi connectivity index (χ4n) is 5.68. The minimum absolute atomic E-state index is 0.118. The fraction of sp³-hybridized carbons (Fsp3) is 0.250. The van der Waals surface area contributed by atoms with Gasteiger partial charge in [-0.05, 0) is 65.4 Å². The molecule has 9 heteroatoms. The molecular weight excluding hydrogens is 540 g/mol. The first-order valence-electron chi connectivity index (χ1n) is 13.2. The summed E-state index contributed by atoms with van der Waals surface area (Å²) in [5.74, 6) is 2.77. The Bertz CT molecular complexity index is 1840. The lowest BCUT2D eigenvalue weighted by atomic mass is 9.83. The minimum Gasteiger partial charge on any atom is -0.493 e. The van der Waals surface area contributed by atoms with E-state index in [4.69, 9.17) is 28.7 Å². The molecule has 0 spiro atoms. The molecule has 2 aliphatic rings. The van der Waals surface area contributed by atoms with Gasteiger partial charge in [-0.2, -0.15) is 0 Å². The summed E-state index contributed by atoms with van der Waals surface area (Å²) in [7, 11) is 7.93. The number of fused-ring (bicyclic) bond motifs is 3. The van der Waals surface area contributed by atoms with Crippen LogP contribution in [-0.2, 0) is 6.42 Å². The molecule has 6 rings (SSSR count). The monoisotopic (exact) mass is 570 g/mol. The summed E-state index contributed by atoms with van der Waals surface area (Å²) >= 11 is 1.37. The van der Waals surface area contributed by atoms with Crippen LogP contribution in [0, 0.1) is 0 Å². The fourth-order valence-corrected chi connectivity index (χ4v) is 6.68. The molecule has 41 heavy (non-hydrogen) atoms. The van der Waals surface area contributed by atoms with Crippen LogP contribution in [0.2, 0.25) is 0 Å². The number of methoxy groups -OCH3 is 5. The molecule has 4 aromatic rings. The number of hydrogen-bond donors (Lipinski definition) is 0. The summed E-state index contributed by atoms with van der Waals surface area (Å²) in [6.07, 6.45) is 3.52. The van der Waals surface area contributed by atoms with Gasteiger partial charge in [0.2, 0.25) is 5.75 Å². The Kier molecular flexibility index (Phi) is 7.05. The zero-order valence-corrected chi connectivity index (χ0v) is 24.3. The maximum atomic E-state index is 14.1. The summed E-state index contributed by atoms with van der Waals surface area (Å²) in [5.41, 5.74) is 5.99. The second-order valence-corrected chi connectivity index (χ2v) is 10.7. The van der Waals surface area contributed by atoms with Gasteiger partial charge in [-0.3, -0.25) is 9.36 Å². The molecule has 2 heterocycles. The van der Waals surface area contributed by atoms with Crippen LogP contribution in [0.1, 0.15) is 34.7 Å². The first-order valence-corrected chi connectivity index (χ1v) is 14.0. The van der Waals surface area contributed by atoms with E-state index in [-0.39, 0.29) is 11.6 Å². The topological polar surface area (TPSA) is 80.5 Å². The second-order valence-electron chi connectivity index (χ2n) is 9.69. The first kappa shape index (κ1) is 26.7. The Morgan fingerprint density at radius 3 is 2.22 bits per heavy atom. The molecule has 8 nitrogen and oxygen atoms in total. The molecule has 0 saturated heterocycles. The molecule has 0 amide bonds. The molecule has 1 atom stereocenters. The standard InChI is InChI=1S/C32H30N2O6S/c1-36-23-13-11-20(17-24(23)37-2)29-22-12-10-19-8-6-7-9-21(19)28(22)33-32-34(29)31(35)27(41-32)16-18-14-25(38-3)30(40-5)26(15-18)39-4/h6-9,11,13-17,29H,10,12H2,1-5H3/b27-16+/t29-/m0/s1. The summed E-state index contributed by atoms with van der Waals surface area (Å²) in [5, 5.41) is 0. The van der Waals surface area contributed by atoms with Crippen molar-refractivity contribution in [2.45, 2.75) is 18.9 Å². The quantitative estimate of drug-likeness (QED) is 0.329. The highest BCUT2D eigenvalue weighted by Gasteiger charge is 2.33. The summed E-state index contributed by atoms with van der Waals surface area (Å²) < 4.78 is 30.0. The average Bonchev–Trinajstić information content (AvgIpc) is 3.32. The number of aromatic nitrogens is 1. The van der Waals surface area contributed by atoms with Gasteiger partial charge >= 0.3 is 0 Å². The van der Waals surface area contributed by atoms with Crippen LogP contribution in [0.3, 0.4) is 0 Å². The van der Waals surface area contributed by atoms with Crippen molar-refractivity contribution >= 4 is 23.1 Å². The normalized spacial score (nSPS) is 15.8. The van der Waals surface area contributed by atoms with E-state index < -0.39 is 0 Å². The highest BCUT2D eigenvalue weighted by molar-refractivity contribution is 7.07. The van der Waals surface area contributed by atoms with Crippen LogP contribution in [-0.4, -0.2) is 40.1 Å². The third kappa shape index (κ3) is 4.46. The lowest BCUT2D eigenvalue weighted by molar-refractivity contribution is 0.324. The van der Waals surface area contributed by atoms with Crippen molar-refractivity contribution < 1.29 is 23.7 Å². The van der Waals surface area contributed by atoms with Gasteiger partial charge in [0.15, 0.2) is 27.8 Å². The van der Waals surface area contributed by atoms with Crippen molar-refractivity contribution in [3.63, 3.8) is 0 Å². The number of ether oxygens (including phenoxy) is 5. The highest BCUT2D eigenvalue weighted by atomic mass is 32.1. The molecule has 0 bridgehead atoms. The van der Waals surface area contributed by atoms with Gasteiger partial charge < -0.3 is 23.7 Å². The van der Waals surface area contributed by atoms with Crippen molar-refractivity contribution in [3.8, 4) is 28.7 Å². The van der Waals surface area contributed by atoms with Crippen molar-refractivity contribution in [2.24, 2.45) is 4.99 Å². The second kappa shape index (κ2) is 10.8. The molecular formula is C32H30N2O6S. The van der Waals surface area contributed by atoms with E-state index in [0.717, 1.165) is 40.8 Å². The van der Waals surface area contributed by atoms with Crippen molar-refractivity contribution in [1.82, 2.24) is 4.57 Å². The third-order valence-electron chi connectivity index (χ3n) is 7.58. The average molecular weight is 571 g/mol. The maximum Gasteiger partial charge on any atom is 0.271 e. The number of benzene rings is 3. The Morgan fingerprint density at radius 2 is 1.54 bits per heavy atom. The van der Waals surface area contributed by atoms with Gasteiger partial charge in [0.1, 0.15) is 0 Å². The van der Waals surface area contributed by atoms with Crippen molar-refractivity contribution in [2.75, 3.05) is 35.5 Å². The molecule has 0 N–H and O–H groups in total. The van der Waals surface area contributed by atoms with E-state index in [1.165, 1.54) is 16.9 Å². The predicted molar refractivity (Wildman–Crippen MR) is 158 cm³/mol. The first-order chi connectivity index (χ1) is 20.0. The molecule has 210 valence electrons. The largest absolute Gasteiger partial charge is 0.493 e. The summed E-state index contributed by atoms with van der Waals surface area (Å²) in [6, 6.07) is 17.5. The molecule has 1 aliphatic carbocycles. The Morgan fingerprint density at radius 1 is 0.829 bits per heavy atom. The van der Waals surface area contributed by atoms with E-state index in [2.05, 4.69) is 18.2 Å².